The third-order valence-electron chi connectivity index (χ3n) is 11.8. The molecule has 21 heteroatoms. The summed E-state index contributed by atoms with van der Waals surface area (Å²) < 4.78 is 17.7. The molecule has 3 aromatic carbocycles. The van der Waals surface area contributed by atoms with Crippen molar-refractivity contribution in [2.75, 3.05) is 131 Å². The van der Waals surface area contributed by atoms with Crippen LogP contribution < -0.4 is 26.6 Å². The average molecular weight is 1070 g/mol. The first-order chi connectivity index (χ1) is 35.0. The molecule has 5 aromatic rings. The van der Waals surface area contributed by atoms with Crippen molar-refractivity contribution in [2.45, 2.75) is 0 Å². The van der Waals surface area contributed by atoms with Gasteiger partial charge in [0.15, 0.2) is 5.76 Å². The maximum absolute atomic E-state index is 12.7. The Labute approximate surface area is 439 Å². The van der Waals surface area contributed by atoms with Crippen molar-refractivity contribution in [3.05, 3.63) is 151 Å². The number of nitrogens with zero attached hydrogens (tertiary/aromatic N) is 5. The van der Waals surface area contributed by atoms with Crippen molar-refractivity contribution in [2.24, 2.45) is 0 Å². The second-order valence-corrected chi connectivity index (χ2v) is 19.0. The van der Waals surface area contributed by atoms with Crippen LogP contribution in [-0.4, -0.2) is 185 Å². The van der Waals surface area contributed by atoms with E-state index in [2.05, 4.69) is 26.6 Å². The Hall–Kier alpha value is -5.41. The molecule has 72 heavy (non-hydrogen) atoms. The normalized spacial score (nSPS) is 16.8. The summed E-state index contributed by atoms with van der Waals surface area (Å²) in [7, 11) is 0. The van der Waals surface area contributed by atoms with Crippen LogP contribution in [0.4, 0.5) is 4.39 Å². The monoisotopic (exact) mass is 1070 g/mol. The van der Waals surface area contributed by atoms with Crippen LogP contribution in [0.25, 0.3) is 0 Å². The van der Waals surface area contributed by atoms with Crippen LogP contribution in [0.5, 0.6) is 0 Å². The van der Waals surface area contributed by atoms with Gasteiger partial charge in [0.05, 0.1) is 21.2 Å². The molecule has 2 aromatic heterocycles. The van der Waals surface area contributed by atoms with E-state index in [1.165, 1.54) is 41.9 Å². The van der Waals surface area contributed by atoms with Crippen molar-refractivity contribution in [3.63, 3.8) is 0 Å². The lowest BCUT2D eigenvalue weighted by Crippen LogP contribution is -2.46. The number of halogens is 4. The lowest BCUT2D eigenvalue weighted by atomic mass is 10.2. The van der Waals surface area contributed by atoms with Gasteiger partial charge in [-0.05, 0) is 90.3 Å². The Balaban J connectivity index is 0.000000147. The molecule has 0 atom stereocenters. The van der Waals surface area contributed by atoms with Gasteiger partial charge in [-0.2, -0.15) is 0 Å². The summed E-state index contributed by atoms with van der Waals surface area (Å²) in [6.45, 7) is 16.3. The van der Waals surface area contributed by atoms with Crippen LogP contribution in [-0.2, 0) is 0 Å². The quantitative estimate of drug-likeness (QED) is 0.152. The highest BCUT2D eigenvalue weighted by atomic mass is 35.5. The Kier molecular flexibility index (Phi) is 23.2. The minimum absolute atomic E-state index is 0.00787. The van der Waals surface area contributed by atoms with Crippen molar-refractivity contribution in [1.29, 1.82) is 0 Å². The zero-order chi connectivity index (χ0) is 51.1. The Morgan fingerprint density at radius 3 is 1.22 bits per heavy atom. The number of hydrogen-bond acceptors (Lipinski definition) is 12. The van der Waals surface area contributed by atoms with Gasteiger partial charge >= 0.3 is 0 Å². The molecule has 0 saturated carbocycles. The molecular weight excluding hydrogens is 1010 g/mol. The number of carbonyl (C=O) groups excluding carboxylic acids is 5. The van der Waals surface area contributed by atoms with E-state index in [1.807, 2.05) is 32.2 Å². The van der Waals surface area contributed by atoms with Crippen molar-refractivity contribution < 1.29 is 32.8 Å². The number of piperazine rings is 5. The number of benzene rings is 3. The zero-order valence-corrected chi connectivity index (χ0v) is 43.1. The maximum Gasteiger partial charge on any atom is 0.289 e. The van der Waals surface area contributed by atoms with Gasteiger partial charge in [-0.3, -0.25) is 24.0 Å². The first-order valence-electron chi connectivity index (χ1n) is 24.0. The maximum atomic E-state index is 12.7. The first-order valence-corrected chi connectivity index (χ1v) is 26.0. The predicted molar refractivity (Wildman–Crippen MR) is 281 cm³/mol. The second kappa shape index (κ2) is 29.9. The molecule has 0 unspecified atom stereocenters. The number of thiophene rings is 1. The number of amides is 5. The molecule has 5 N–H and O–H groups in total. The summed E-state index contributed by atoms with van der Waals surface area (Å²) >= 11 is 19.0. The van der Waals surface area contributed by atoms with Gasteiger partial charge in [0.1, 0.15) is 5.82 Å². The highest BCUT2D eigenvalue weighted by molar-refractivity contribution is 7.12. The van der Waals surface area contributed by atoms with Gasteiger partial charge in [0.25, 0.3) is 29.5 Å². The topological polar surface area (TPSA) is 175 Å². The molecule has 5 amide bonds. The summed E-state index contributed by atoms with van der Waals surface area (Å²) in [6, 6.07) is 24.9. The molecule has 5 fully saturated rings. The minimum atomic E-state index is -0.313. The van der Waals surface area contributed by atoms with E-state index < -0.39 is 0 Å². The van der Waals surface area contributed by atoms with Crippen LogP contribution >= 0.6 is 46.1 Å². The second-order valence-electron chi connectivity index (χ2n) is 16.8. The summed E-state index contributed by atoms with van der Waals surface area (Å²) in [6.07, 6.45) is 1.52. The number of carbonyl (C=O) groups is 5. The molecule has 0 aliphatic carbocycles. The molecule has 16 nitrogen and oxygen atoms in total. The molecule has 5 aliphatic rings. The lowest BCUT2D eigenvalue weighted by molar-refractivity contribution is 0.0700. The van der Waals surface area contributed by atoms with E-state index >= 15 is 0 Å². The number of rotatable bonds is 5. The van der Waals surface area contributed by atoms with Gasteiger partial charge in [-0.1, -0.05) is 40.9 Å². The van der Waals surface area contributed by atoms with Gasteiger partial charge in [-0.25, -0.2) is 4.39 Å². The van der Waals surface area contributed by atoms with E-state index in [0.29, 0.717) is 37.5 Å². The van der Waals surface area contributed by atoms with Gasteiger partial charge < -0.3 is 55.5 Å². The molecule has 5 aliphatic heterocycles. The molecule has 0 spiro atoms. The first kappa shape index (κ1) is 55.9. The van der Waals surface area contributed by atoms with Crippen LogP contribution in [0, 0.1) is 5.82 Å². The molecule has 10 rings (SSSR count). The third-order valence-corrected chi connectivity index (χ3v) is 13.7. The smallest absolute Gasteiger partial charge is 0.289 e. The lowest BCUT2D eigenvalue weighted by Gasteiger charge is -2.27. The van der Waals surface area contributed by atoms with Crippen LogP contribution in [0.1, 0.15) is 51.3 Å². The van der Waals surface area contributed by atoms with E-state index in [0.717, 1.165) is 136 Å². The summed E-state index contributed by atoms with van der Waals surface area (Å²) in [5.74, 6) is 0.376. The van der Waals surface area contributed by atoms with Crippen LogP contribution in [0.2, 0.25) is 15.1 Å². The molecular formula is C51H62Cl3FN10O6S. The summed E-state index contributed by atoms with van der Waals surface area (Å²) in [5.41, 5.74) is 1.86. The summed E-state index contributed by atoms with van der Waals surface area (Å²) in [5, 5.41) is 19.5. The highest BCUT2D eigenvalue weighted by Crippen LogP contribution is 2.23. The fraction of sp³-hybridized carbons (Fsp3) is 0.392. The molecule has 5 saturated heterocycles. The van der Waals surface area contributed by atoms with E-state index in [9.17, 15) is 28.4 Å². The third kappa shape index (κ3) is 17.7. The fourth-order valence-electron chi connectivity index (χ4n) is 7.81. The van der Waals surface area contributed by atoms with E-state index in [4.69, 9.17) is 39.2 Å². The number of nitrogens with one attached hydrogen (secondary N) is 5. The molecule has 386 valence electrons. The standard InChI is InChI=1S/C11H12Cl2N2O.C11H13ClN2O.C11H13FN2O.C9H12N2O2.C9H12N2OS/c12-9-2-1-8(7-10(9)13)11(16)15-5-3-14-4-6-15;2*12-10-3-1-9(2-4-10)11(15)14-7-5-13-6-8-14;2*12-9(8-2-1-7-13-8)11-5-3-10-4-6-11/h1-2,7,14H,3-6H2;2*1-4,13H,5-8H2;2*1-2,7,10H,3-6H2. The SMILES string of the molecule is O=C(c1ccc(Cl)c(Cl)c1)N1CCNCC1.O=C(c1ccc(Cl)cc1)N1CCNCC1.O=C(c1ccc(F)cc1)N1CCNCC1.O=C(c1ccco1)N1CCNCC1.O=C(c1cccs1)N1CCNCC1. The minimum Gasteiger partial charge on any atom is -0.459 e. The summed E-state index contributed by atoms with van der Waals surface area (Å²) in [4.78, 5) is 69.4. The van der Waals surface area contributed by atoms with E-state index in [-0.39, 0.29) is 35.4 Å². The fourth-order valence-corrected chi connectivity index (χ4v) is 8.93. The Morgan fingerprint density at radius 2 is 0.833 bits per heavy atom. The Bertz CT molecular complexity index is 2310. The number of hydrogen-bond donors (Lipinski definition) is 5. The predicted octanol–water partition coefficient (Wildman–Crippen LogP) is 5.41. The largest absolute Gasteiger partial charge is 0.459 e. The Morgan fingerprint density at radius 1 is 0.444 bits per heavy atom. The average Bonchev–Trinajstić information content (AvgIpc) is 4.20. The molecule has 0 bridgehead atoms. The van der Waals surface area contributed by atoms with Gasteiger partial charge in [0.2, 0.25) is 0 Å². The highest BCUT2D eigenvalue weighted by Gasteiger charge is 2.22. The number of furan rings is 1. The van der Waals surface area contributed by atoms with Gasteiger partial charge in [-0.15, -0.1) is 11.3 Å². The van der Waals surface area contributed by atoms with E-state index in [1.54, 1.807) is 64.4 Å². The zero-order valence-electron chi connectivity index (χ0n) is 40.1. The molecule has 0 radical (unpaired) electrons. The van der Waals surface area contributed by atoms with Gasteiger partial charge in [0, 0.05) is 153 Å². The van der Waals surface area contributed by atoms with Crippen molar-refractivity contribution in [1.82, 2.24) is 51.1 Å². The van der Waals surface area contributed by atoms with Crippen molar-refractivity contribution in [3.8, 4) is 0 Å². The van der Waals surface area contributed by atoms with Crippen molar-refractivity contribution >= 4 is 75.7 Å². The van der Waals surface area contributed by atoms with Crippen LogP contribution in [0.15, 0.2) is 107 Å². The molecule has 7 heterocycles. The van der Waals surface area contributed by atoms with Crippen LogP contribution in [0.3, 0.4) is 0 Å².